The summed E-state index contributed by atoms with van der Waals surface area (Å²) < 4.78 is 1.56. The molecule has 0 bridgehead atoms. The van der Waals surface area contributed by atoms with Gasteiger partial charge in [0.2, 0.25) is 5.91 Å². The summed E-state index contributed by atoms with van der Waals surface area (Å²) in [4.78, 5) is 18.7. The standard InChI is InChI=1S/C33H38N2O2S2Si/c1-23-34-27(22-38-23)29(36)28-30(37)35(40(5,6)32(2,3)4)31(28)39-33(24-16-10-7-11-17-24,25-18-12-8-13-19-25)26-20-14-9-15-21-26/h7-22,28-29,31,36H,1-6H3. The highest BCUT2D eigenvalue weighted by atomic mass is 32.2. The molecule has 1 saturated heterocycles. The van der Waals surface area contributed by atoms with Crippen molar-refractivity contribution < 1.29 is 9.90 Å². The van der Waals surface area contributed by atoms with Gasteiger partial charge in [-0.1, -0.05) is 125 Å². The van der Waals surface area contributed by atoms with Crippen LogP contribution >= 0.6 is 23.1 Å². The number of aliphatic hydroxyl groups excluding tert-OH is 1. The van der Waals surface area contributed by atoms with E-state index in [1.807, 2.05) is 30.5 Å². The Bertz CT molecular complexity index is 1360. The molecular weight excluding hydrogens is 549 g/mol. The fraction of sp³-hybridized carbons (Fsp3) is 0.333. The Kier molecular flexibility index (Phi) is 7.87. The number of amides is 1. The van der Waals surface area contributed by atoms with Gasteiger partial charge >= 0.3 is 0 Å². The summed E-state index contributed by atoms with van der Waals surface area (Å²) in [6, 6.07) is 31.7. The minimum Gasteiger partial charge on any atom is -0.386 e. The van der Waals surface area contributed by atoms with Crippen molar-refractivity contribution >= 4 is 37.2 Å². The third kappa shape index (κ3) is 4.87. The van der Waals surface area contributed by atoms with Crippen molar-refractivity contribution in [3.05, 3.63) is 124 Å². The molecule has 0 aliphatic carbocycles. The first-order valence-corrected chi connectivity index (χ1v) is 18.5. The molecule has 40 heavy (non-hydrogen) atoms. The van der Waals surface area contributed by atoms with E-state index in [0.29, 0.717) is 5.69 Å². The van der Waals surface area contributed by atoms with Crippen LogP contribution in [0.5, 0.6) is 0 Å². The highest BCUT2D eigenvalue weighted by molar-refractivity contribution is 8.01. The second-order valence-corrected chi connectivity index (χ2v) is 19.6. The number of thioether (sulfide) groups is 1. The molecular formula is C33H38N2O2S2Si. The summed E-state index contributed by atoms with van der Waals surface area (Å²) in [7, 11) is -2.30. The first-order valence-electron chi connectivity index (χ1n) is 13.8. The van der Waals surface area contributed by atoms with E-state index in [4.69, 9.17) is 0 Å². The number of aromatic nitrogens is 1. The topological polar surface area (TPSA) is 53.4 Å². The Labute approximate surface area is 247 Å². The lowest BCUT2D eigenvalue weighted by atomic mass is 9.84. The van der Waals surface area contributed by atoms with Crippen LogP contribution in [0.2, 0.25) is 18.1 Å². The Hall–Kier alpha value is -2.71. The predicted molar refractivity (Wildman–Crippen MR) is 170 cm³/mol. The zero-order chi connectivity index (χ0) is 28.7. The number of carbonyl (C=O) groups excluding carboxylic acids is 1. The average molecular weight is 587 g/mol. The molecule has 2 heterocycles. The molecule has 0 radical (unpaired) electrons. The van der Waals surface area contributed by atoms with E-state index in [1.54, 1.807) is 11.8 Å². The van der Waals surface area contributed by atoms with Crippen molar-refractivity contribution in [3.63, 3.8) is 0 Å². The zero-order valence-electron chi connectivity index (χ0n) is 24.0. The van der Waals surface area contributed by atoms with Crippen LogP contribution in [0, 0.1) is 12.8 Å². The summed E-state index contributed by atoms with van der Waals surface area (Å²) in [5.41, 5.74) is 4.02. The van der Waals surface area contributed by atoms with Gasteiger partial charge in [0, 0.05) is 5.38 Å². The van der Waals surface area contributed by atoms with Gasteiger partial charge in [-0.3, -0.25) is 4.79 Å². The fourth-order valence-corrected chi connectivity index (χ4v) is 11.1. The molecule has 3 unspecified atom stereocenters. The lowest BCUT2D eigenvalue weighted by molar-refractivity contribution is -0.150. The highest BCUT2D eigenvalue weighted by Crippen LogP contribution is 2.58. The lowest BCUT2D eigenvalue weighted by Gasteiger charge is -2.60. The Morgan fingerprint density at radius 2 is 1.32 bits per heavy atom. The van der Waals surface area contributed by atoms with Crippen LogP contribution in [0.25, 0.3) is 0 Å². The molecule has 5 rings (SSSR count). The van der Waals surface area contributed by atoms with Gasteiger partial charge in [0.05, 0.1) is 26.7 Å². The maximum atomic E-state index is 14.1. The molecule has 1 aliphatic rings. The Balaban J connectivity index is 1.72. The summed E-state index contributed by atoms with van der Waals surface area (Å²) in [5, 5.41) is 14.2. The van der Waals surface area contributed by atoms with E-state index in [1.165, 1.54) is 11.3 Å². The summed E-state index contributed by atoms with van der Waals surface area (Å²) >= 11 is 3.29. The van der Waals surface area contributed by atoms with Gasteiger partial charge in [0.25, 0.3) is 0 Å². The summed E-state index contributed by atoms with van der Waals surface area (Å²) in [6.07, 6.45) is -0.962. The van der Waals surface area contributed by atoms with E-state index in [0.717, 1.165) is 21.7 Å². The van der Waals surface area contributed by atoms with E-state index in [9.17, 15) is 9.90 Å². The number of carbonyl (C=O) groups is 1. The molecule has 4 aromatic rings. The quantitative estimate of drug-likeness (QED) is 0.129. The monoisotopic (exact) mass is 586 g/mol. The summed E-state index contributed by atoms with van der Waals surface area (Å²) in [5.74, 6) is -0.554. The smallest absolute Gasteiger partial charge is 0.224 e. The number of β-lactam (4-membered cyclic amide) rings is 1. The molecule has 4 nitrogen and oxygen atoms in total. The number of benzene rings is 3. The average Bonchev–Trinajstić information content (AvgIpc) is 3.38. The molecule has 0 spiro atoms. The maximum Gasteiger partial charge on any atom is 0.224 e. The molecule has 7 heteroatoms. The van der Waals surface area contributed by atoms with Gasteiger partial charge in [-0.05, 0) is 28.7 Å². The number of aryl methyl sites for hydroxylation is 1. The predicted octanol–water partition coefficient (Wildman–Crippen LogP) is 8.00. The van der Waals surface area contributed by atoms with Crippen LogP contribution in [-0.4, -0.2) is 34.2 Å². The number of thiazole rings is 1. The third-order valence-corrected chi connectivity index (χ3v) is 16.8. The number of rotatable bonds is 8. The largest absolute Gasteiger partial charge is 0.386 e. The first-order chi connectivity index (χ1) is 19.0. The molecule has 1 amide bonds. The van der Waals surface area contributed by atoms with Gasteiger partial charge in [0.1, 0.15) is 6.10 Å². The SMILES string of the molecule is Cc1nc(C(O)C2C(=O)N([Si](C)(C)C(C)(C)C)C2SC(c2ccccc2)(c2ccccc2)c2ccccc2)cs1. The molecule has 1 fully saturated rings. The van der Waals surface area contributed by atoms with E-state index < -0.39 is 25.0 Å². The third-order valence-electron chi connectivity index (χ3n) is 8.64. The first kappa shape index (κ1) is 28.8. The Morgan fingerprint density at radius 3 is 1.70 bits per heavy atom. The molecule has 3 aromatic carbocycles. The van der Waals surface area contributed by atoms with Gasteiger partial charge in [-0.2, -0.15) is 0 Å². The van der Waals surface area contributed by atoms with Crippen molar-refractivity contribution in [1.29, 1.82) is 0 Å². The molecule has 0 saturated carbocycles. The van der Waals surface area contributed by atoms with Crippen molar-refractivity contribution in [2.24, 2.45) is 5.92 Å². The zero-order valence-corrected chi connectivity index (χ0v) is 26.7. The second-order valence-electron chi connectivity index (χ2n) is 12.1. The van der Waals surface area contributed by atoms with Crippen molar-refractivity contribution in [1.82, 2.24) is 9.55 Å². The number of hydrogen-bond acceptors (Lipinski definition) is 5. The number of aliphatic hydroxyl groups is 1. The lowest BCUT2D eigenvalue weighted by Crippen LogP contribution is -2.73. The van der Waals surface area contributed by atoms with Gasteiger partial charge in [-0.15, -0.1) is 23.1 Å². The molecule has 1 aliphatic heterocycles. The van der Waals surface area contributed by atoms with Crippen LogP contribution in [0.15, 0.2) is 96.4 Å². The minimum atomic E-state index is -2.30. The van der Waals surface area contributed by atoms with Crippen molar-refractivity contribution in [2.75, 3.05) is 0 Å². The van der Waals surface area contributed by atoms with Gasteiger partial charge in [-0.25, -0.2) is 4.98 Å². The normalized spacial score (nSPS) is 18.9. The number of hydrogen-bond donors (Lipinski definition) is 1. The van der Waals surface area contributed by atoms with Crippen LogP contribution in [0.4, 0.5) is 0 Å². The van der Waals surface area contributed by atoms with Gasteiger partial charge < -0.3 is 9.67 Å². The van der Waals surface area contributed by atoms with Crippen LogP contribution in [0.3, 0.4) is 0 Å². The highest BCUT2D eigenvalue weighted by Gasteiger charge is 2.62. The van der Waals surface area contributed by atoms with Gasteiger partial charge in [0.15, 0.2) is 8.24 Å². The molecule has 208 valence electrons. The van der Waals surface area contributed by atoms with Crippen molar-refractivity contribution in [3.8, 4) is 0 Å². The maximum absolute atomic E-state index is 14.1. The van der Waals surface area contributed by atoms with E-state index in [-0.39, 0.29) is 16.3 Å². The van der Waals surface area contributed by atoms with Crippen LogP contribution < -0.4 is 0 Å². The molecule has 3 atom stereocenters. The summed E-state index contributed by atoms with van der Waals surface area (Å²) in [6.45, 7) is 13.2. The van der Waals surface area contributed by atoms with E-state index >= 15 is 0 Å². The molecule has 1 aromatic heterocycles. The van der Waals surface area contributed by atoms with E-state index in [2.05, 4.69) is 116 Å². The molecule has 1 N–H and O–H groups in total. The fourth-order valence-electron chi connectivity index (χ4n) is 5.46. The number of nitrogens with zero attached hydrogens (tertiary/aromatic N) is 2. The van der Waals surface area contributed by atoms with Crippen molar-refractivity contribution in [2.45, 2.75) is 62.1 Å². The van der Waals surface area contributed by atoms with Crippen LogP contribution in [-0.2, 0) is 9.54 Å². The minimum absolute atomic E-state index is 0.0327. The second kappa shape index (κ2) is 10.9. The Morgan fingerprint density at radius 1 is 0.875 bits per heavy atom. The van der Waals surface area contributed by atoms with Crippen LogP contribution in [0.1, 0.15) is 54.3 Å².